The van der Waals surface area contributed by atoms with Crippen LogP contribution in [0, 0.1) is 12.7 Å². The van der Waals surface area contributed by atoms with Crippen LogP contribution in [-0.2, 0) is 11.2 Å². The van der Waals surface area contributed by atoms with E-state index in [0.717, 1.165) is 5.56 Å². The van der Waals surface area contributed by atoms with Gasteiger partial charge in [-0.15, -0.1) is 0 Å². The molecule has 22 heavy (non-hydrogen) atoms. The highest BCUT2D eigenvalue weighted by molar-refractivity contribution is 5.80. The van der Waals surface area contributed by atoms with Gasteiger partial charge in [-0.1, -0.05) is 30.3 Å². The van der Waals surface area contributed by atoms with Crippen LogP contribution in [0.15, 0.2) is 48.5 Å². The van der Waals surface area contributed by atoms with Crippen LogP contribution in [-0.4, -0.2) is 18.6 Å². The number of benzene rings is 2. The normalized spacial score (nSPS) is 11.8. The largest absolute Gasteiger partial charge is 0.481 e. The second kappa shape index (κ2) is 7.59. The maximum Gasteiger partial charge on any atom is 0.260 e. The van der Waals surface area contributed by atoms with Crippen LogP contribution in [0.1, 0.15) is 18.1 Å². The minimum absolute atomic E-state index is 0.210. The summed E-state index contributed by atoms with van der Waals surface area (Å²) < 4.78 is 19.1. The van der Waals surface area contributed by atoms with Gasteiger partial charge in [-0.3, -0.25) is 4.79 Å². The summed E-state index contributed by atoms with van der Waals surface area (Å²) in [5.41, 5.74) is 1.67. The van der Waals surface area contributed by atoms with Crippen molar-refractivity contribution < 1.29 is 13.9 Å². The number of hydrogen-bond donors (Lipinski definition) is 1. The Labute approximate surface area is 130 Å². The van der Waals surface area contributed by atoms with Gasteiger partial charge in [-0.25, -0.2) is 4.39 Å². The van der Waals surface area contributed by atoms with Crippen LogP contribution in [0.3, 0.4) is 0 Å². The third-order valence-corrected chi connectivity index (χ3v) is 3.32. The van der Waals surface area contributed by atoms with E-state index >= 15 is 0 Å². The first-order chi connectivity index (χ1) is 10.6. The predicted molar refractivity (Wildman–Crippen MR) is 84.4 cm³/mol. The minimum atomic E-state index is -0.595. The van der Waals surface area contributed by atoms with Crippen LogP contribution in [0.25, 0.3) is 0 Å². The molecule has 0 aliphatic heterocycles. The molecule has 2 rings (SSSR count). The van der Waals surface area contributed by atoms with Crippen molar-refractivity contribution >= 4 is 5.91 Å². The number of aryl methyl sites for hydroxylation is 1. The Balaban J connectivity index is 1.80. The van der Waals surface area contributed by atoms with Gasteiger partial charge in [-0.2, -0.15) is 0 Å². The van der Waals surface area contributed by atoms with Crippen LogP contribution in [0.5, 0.6) is 5.75 Å². The fourth-order valence-corrected chi connectivity index (χ4v) is 2.11. The number of rotatable bonds is 6. The third kappa shape index (κ3) is 4.58. The molecular weight excluding hydrogens is 281 g/mol. The number of amides is 1. The molecule has 1 N–H and O–H groups in total. The van der Waals surface area contributed by atoms with E-state index in [4.69, 9.17) is 4.74 Å². The fraction of sp³-hybridized carbons (Fsp3) is 0.278. The Kier molecular flexibility index (Phi) is 5.53. The van der Waals surface area contributed by atoms with Crippen molar-refractivity contribution in [3.8, 4) is 5.75 Å². The smallest absolute Gasteiger partial charge is 0.260 e. The lowest BCUT2D eigenvalue weighted by atomic mass is 10.1. The Morgan fingerprint density at radius 3 is 2.73 bits per heavy atom. The standard InChI is InChI=1S/C18H20FNO2/c1-13-6-5-8-16(12-13)22-14(2)18(21)20-11-10-15-7-3-4-9-17(15)19/h3-9,12,14H,10-11H2,1-2H3,(H,20,21)/t14-/m0/s1. The number of carbonyl (C=O) groups excluding carboxylic acids is 1. The Hall–Kier alpha value is -2.36. The molecule has 0 spiro atoms. The van der Waals surface area contributed by atoms with E-state index in [1.165, 1.54) is 6.07 Å². The highest BCUT2D eigenvalue weighted by Gasteiger charge is 2.14. The zero-order valence-electron chi connectivity index (χ0n) is 12.8. The van der Waals surface area contributed by atoms with Crippen LogP contribution < -0.4 is 10.1 Å². The van der Waals surface area contributed by atoms with Crippen molar-refractivity contribution in [2.24, 2.45) is 0 Å². The molecule has 2 aromatic carbocycles. The lowest BCUT2D eigenvalue weighted by molar-refractivity contribution is -0.127. The molecule has 0 heterocycles. The predicted octanol–water partition coefficient (Wildman–Crippen LogP) is 3.26. The molecule has 0 saturated heterocycles. The van der Waals surface area contributed by atoms with E-state index in [-0.39, 0.29) is 11.7 Å². The lowest BCUT2D eigenvalue weighted by Gasteiger charge is -2.15. The van der Waals surface area contributed by atoms with Gasteiger partial charge in [0, 0.05) is 6.54 Å². The van der Waals surface area contributed by atoms with Crippen molar-refractivity contribution in [2.75, 3.05) is 6.54 Å². The van der Waals surface area contributed by atoms with E-state index in [0.29, 0.717) is 24.3 Å². The van der Waals surface area contributed by atoms with Crippen LogP contribution in [0.2, 0.25) is 0 Å². The van der Waals surface area contributed by atoms with Crippen molar-refractivity contribution in [3.05, 3.63) is 65.5 Å². The van der Waals surface area contributed by atoms with Gasteiger partial charge in [-0.05, 0) is 49.6 Å². The monoisotopic (exact) mass is 301 g/mol. The van der Waals surface area contributed by atoms with E-state index in [9.17, 15) is 9.18 Å². The van der Waals surface area contributed by atoms with E-state index in [2.05, 4.69) is 5.32 Å². The first-order valence-corrected chi connectivity index (χ1v) is 7.30. The topological polar surface area (TPSA) is 38.3 Å². The molecular formula is C18H20FNO2. The number of hydrogen-bond acceptors (Lipinski definition) is 2. The highest BCUT2D eigenvalue weighted by atomic mass is 19.1. The van der Waals surface area contributed by atoms with Crippen molar-refractivity contribution in [3.63, 3.8) is 0 Å². The first kappa shape index (κ1) is 16.0. The van der Waals surface area contributed by atoms with Gasteiger partial charge in [0.15, 0.2) is 6.10 Å². The van der Waals surface area contributed by atoms with Gasteiger partial charge in [0.05, 0.1) is 0 Å². The summed E-state index contributed by atoms with van der Waals surface area (Å²) in [4.78, 5) is 12.0. The molecule has 0 aliphatic carbocycles. The molecule has 0 aromatic heterocycles. The van der Waals surface area contributed by atoms with Gasteiger partial charge >= 0.3 is 0 Å². The zero-order valence-corrected chi connectivity index (χ0v) is 12.8. The molecule has 2 aromatic rings. The quantitative estimate of drug-likeness (QED) is 0.889. The molecule has 4 heteroatoms. The van der Waals surface area contributed by atoms with E-state index in [1.54, 1.807) is 25.1 Å². The molecule has 0 aliphatic rings. The summed E-state index contributed by atoms with van der Waals surface area (Å²) in [5, 5.41) is 2.76. The number of carbonyl (C=O) groups is 1. The van der Waals surface area contributed by atoms with E-state index < -0.39 is 6.10 Å². The molecule has 0 bridgehead atoms. The van der Waals surface area contributed by atoms with E-state index in [1.807, 2.05) is 31.2 Å². The third-order valence-electron chi connectivity index (χ3n) is 3.32. The summed E-state index contributed by atoms with van der Waals surface area (Å²) in [7, 11) is 0. The van der Waals surface area contributed by atoms with Crippen molar-refractivity contribution in [1.29, 1.82) is 0 Å². The zero-order chi connectivity index (χ0) is 15.9. The summed E-state index contributed by atoms with van der Waals surface area (Å²) in [5.74, 6) is 0.204. The Morgan fingerprint density at radius 1 is 1.23 bits per heavy atom. The van der Waals surface area contributed by atoms with Gasteiger partial charge < -0.3 is 10.1 Å². The molecule has 1 amide bonds. The summed E-state index contributed by atoms with van der Waals surface area (Å²) in [6.07, 6.45) is -0.141. The van der Waals surface area contributed by atoms with Gasteiger partial charge in [0.25, 0.3) is 5.91 Å². The number of nitrogens with one attached hydrogen (secondary N) is 1. The molecule has 116 valence electrons. The molecule has 3 nitrogen and oxygen atoms in total. The molecule has 0 saturated carbocycles. The van der Waals surface area contributed by atoms with Crippen LogP contribution in [0.4, 0.5) is 4.39 Å². The maximum atomic E-state index is 13.5. The Bertz CT molecular complexity index is 642. The second-order valence-electron chi connectivity index (χ2n) is 5.21. The SMILES string of the molecule is Cc1cccc(O[C@@H](C)C(=O)NCCc2ccccc2F)c1. The highest BCUT2D eigenvalue weighted by Crippen LogP contribution is 2.14. The average molecular weight is 301 g/mol. The molecule has 0 fully saturated rings. The summed E-state index contributed by atoms with van der Waals surface area (Å²) in [6, 6.07) is 14.1. The number of ether oxygens (including phenoxy) is 1. The Morgan fingerprint density at radius 2 is 2.00 bits per heavy atom. The lowest BCUT2D eigenvalue weighted by Crippen LogP contribution is -2.37. The summed E-state index contributed by atoms with van der Waals surface area (Å²) >= 11 is 0. The molecule has 0 unspecified atom stereocenters. The second-order valence-corrected chi connectivity index (χ2v) is 5.21. The van der Waals surface area contributed by atoms with Crippen molar-refractivity contribution in [1.82, 2.24) is 5.32 Å². The molecule has 1 atom stereocenters. The van der Waals surface area contributed by atoms with Gasteiger partial charge in [0.2, 0.25) is 0 Å². The first-order valence-electron chi connectivity index (χ1n) is 7.30. The number of halogens is 1. The van der Waals surface area contributed by atoms with Crippen molar-refractivity contribution in [2.45, 2.75) is 26.4 Å². The maximum absolute atomic E-state index is 13.5. The van der Waals surface area contributed by atoms with Gasteiger partial charge in [0.1, 0.15) is 11.6 Å². The minimum Gasteiger partial charge on any atom is -0.481 e. The fourth-order valence-electron chi connectivity index (χ4n) is 2.11. The van der Waals surface area contributed by atoms with Crippen LogP contribution >= 0.6 is 0 Å². The molecule has 0 radical (unpaired) electrons. The summed E-state index contributed by atoms with van der Waals surface area (Å²) in [6.45, 7) is 4.04. The average Bonchev–Trinajstić information content (AvgIpc) is 2.49.